The predicted octanol–water partition coefficient (Wildman–Crippen LogP) is 2.16. The summed E-state index contributed by atoms with van der Waals surface area (Å²) < 4.78 is 0.980. The lowest BCUT2D eigenvalue weighted by atomic mass is 10.1. The highest BCUT2D eigenvalue weighted by Gasteiger charge is 2.33. The van der Waals surface area contributed by atoms with Gasteiger partial charge in [-0.05, 0) is 37.1 Å². The van der Waals surface area contributed by atoms with Crippen molar-refractivity contribution < 1.29 is 4.79 Å². The monoisotopic (exact) mass is 294 g/mol. The number of hydrogen-bond donors (Lipinski definition) is 1. The topological polar surface area (TPSA) is 32.3 Å². The third kappa shape index (κ3) is 2.00. The number of amides is 1. The third-order valence-corrected chi connectivity index (χ3v) is 4.11. The van der Waals surface area contributed by atoms with Crippen LogP contribution >= 0.6 is 15.9 Å². The number of benzene rings is 1. The standard InChI is InChI=1S/C13H15BrN2O/c14-10-4-3-9-8-16(13(17)12(9)6-10)11-2-1-5-15-7-11/h3-4,6,11,15H,1-2,5,7-8H2/t11-/m1/s1. The van der Waals surface area contributed by atoms with E-state index in [0.717, 1.165) is 48.1 Å². The lowest BCUT2D eigenvalue weighted by molar-refractivity contribution is 0.0674. The van der Waals surface area contributed by atoms with Crippen LogP contribution in [0, 0.1) is 0 Å². The first-order chi connectivity index (χ1) is 8.25. The van der Waals surface area contributed by atoms with Crippen LogP contribution in [0.1, 0.15) is 28.8 Å². The van der Waals surface area contributed by atoms with Crippen molar-refractivity contribution in [3.05, 3.63) is 33.8 Å². The van der Waals surface area contributed by atoms with Crippen molar-refractivity contribution in [1.29, 1.82) is 0 Å². The van der Waals surface area contributed by atoms with Crippen LogP contribution < -0.4 is 5.32 Å². The van der Waals surface area contributed by atoms with Gasteiger partial charge in [-0.1, -0.05) is 22.0 Å². The molecular weight excluding hydrogens is 280 g/mol. The minimum absolute atomic E-state index is 0.190. The number of nitrogens with one attached hydrogen (secondary N) is 1. The molecule has 1 atom stereocenters. The number of carbonyl (C=O) groups is 1. The average Bonchev–Trinajstić information content (AvgIpc) is 2.68. The summed E-state index contributed by atoms with van der Waals surface area (Å²) in [6.07, 6.45) is 2.28. The van der Waals surface area contributed by atoms with Crippen LogP contribution in [0.15, 0.2) is 22.7 Å². The van der Waals surface area contributed by atoms with Crippen LogP contribution in [-0.2, 0) is 6.54 Å². The average molecular weight is 295 g/mol. The Bertz CT molecular complexity index is 455. The maximum atomic E-state index is 12.3. The van der Waals surface area contributed by atoms with Crippen molar-refractivity contribution in [2.75, 3.05) is 13.1 Å². The zero-order valence-corrected chi connectivity index (χ0v) is 11.2. The smallest absolute Gasteiger partial charge is 0.254 e. The number of piperidine rings is 1. The van der Waals surface area contributed by atoms with E-state index >= 15 is 0 Å². The van der Waals surface area contributed by atoms with E-state index in [1.54, 1.807) is 0 Å². The highest BCUT2D eigenvalue weighted by molar-refractivity contribution is 9.10. The molecule has 0 bridgehead atoms. The van der Waals surface area contributed by atoms with E-state index in [9.17, 15) is 4.79 Å². The molecule has 0 spiro atoms. The first kappa shape index (κ1) is 11.2. The highest BCUT2D eigenvalue weighted by atomic mass is 79.9. The van der Waals surface area contributed by atoms with Gasteiger partial charge in [0.1, 0.15) is 0 Å². The van der Waals surface area contributed by atoms with Crippen molar-refractivity contribution in [2.45, 2.75) is 25.4 Å². The molecule has 90 valence electrons. The highest BCUT2D eigenvalue weighted by Crippen LogP contribution is 2.28. The molecule has 0 aliphatic carbocycles. The molecule has 0 aromatic heterocycles. The third-order valence-electron chi connectivity index (χ3n) is 3.62. The van der Waals surface area contributed by atoms with Gasteiger partial charge >= 0.3 is 0 Å². The van der Waals surface area contributed by atoms with Crippen LogP contribution in [0.25, 0.3) is 0 Å². The summed E-state index contributed by atoms with van der Waals surface area (Å²) in [5.74, 6) is 0.190. The van der Waals surface area contributed by atoms with Gasteiger partial charge in [0.25, 0.3) is 5.91 Å². The lowest BCUT2D eigenvalue weighted by Crippen LogP contribution is -2.46. The summed E-state index contributed by atoms with van der Waals surface area (Å²) in [4.78, 5) is 14.3. The molecule has 1 N–H and O–H groups in total. The first-order valence-electron chi connectivity index (χ1n) is 6.06. The minimum atomic E-state index is 0.190. The van der Waals surface area contributed by atoms with Crippen LogP contribution in [0.5, 0.6) is 0 Å². The molecule has 0 saturated carbocycles. The van der Waals surface area contributed by atoms with Crippen molar-refractivity contribution in [2.24, 2.45) is 0 Å². The maximum Gasteiger partial charge on any atom is 0.254 e. The van der Waals surface area contributed by atoms with E-state index < -0.39 is 0 Å². The molecular formula is C13H15BrN2O. The van der Waals surface area contributed by atoms with Crippen molar-refractivity contribution in [1.82, 2.24) is 10.2 Å². The molecule has 1 saturated heterocycles. The Morgan fingerprint density at radius 3 is 3.06 bits per heavy atom. The molecule has 3 rings (SSSR count). The van der Waals surface area contributed by atoms with Gasteiger partial charge in [0.05, 0.1) is 0 Å². The van der Waals surface area contributed by atoms with Gasteiger partial charge in [0.15, 0.2) is 0 Å². The molecule has 2 heterocycles. The van der Waals surface area contributed by atoms with Gasteiger partial charge < -0.3 is 10.2 Å². The number of rotatable bonds is 1. The molecule has 1 aromatic carbocycles. The summed E-state index contributed by atoms with van der Waals surface area (Å²) in [5.41, 5.74) is 2.02. The zero-order valence-electron chi connectivity index (χ0n) is 9.58. The van der Waals surface area contributed by atoms with Crippen LogP contribution in [0.3, 0.4) is 0 Å². The van der Waals surface area contributed by atoms with E-state index in [1.165, 1.54) is 0 Å². The van der Waals surface area contributed by atoms with Gasteiger partial charge in [0.2, 0.25) is 0 Å². The molecule has 3 nitrogen and oxygen atoms in total. The largest absolute Gasteiger partial charge is 0.330 e. The number of hydrogen-bond acceptors (Lipinski definition) is 2. The normalized spacial score (nSPS) is 23.9. The Balaban J connectivity index is 1.85. The fourth-order valence-electron chi connectivity index (χ4n) is 2.69. The Kier molecular flexibility index (Phi) is 2.92. The second-order valence-electron chi connectivity index (χ2n) is 4.73. The summed E-state index contributed by atoms with van der Waals surface area (Å²) in [6, 6.07) is 6.36. The molecule has 1 aromatic rings. The van der Waals surface area contributed by atoms with Gasteiger partial charge in [-0.25, -0.2) is 0 Å². The van der Waals surface area contributed by atoms with Crippen LogP contribution in [0.4, 0.5) is 0 Å². The summed E-state index contributed by atoms with van der Waals surface area (Å²) in [5, 5.41) is 3.37. The first-order valence-corrected chi connectivity index (χ1v) is 6.85. The van der Waals surface area contributed by atoms with E-state index in [-0.39, 0.29) is 5.91 Å². The number of carbonyl (C=O) groups excluding carboxylic acids is 1. The van der Waals surface area contributed by atoms with E-state index in [4.69, 9.17) is 0 Å². The Morgan fingerprint density at radius 1 is 1.41 bits per heavy atom. The molecule has 1 amide bonds. The number of nitrogens with zero attached hydrogens (tertiary/aromatic N) is 1. The maximum absolute atomic E-state index is 12.3. The fourth-order valence-corrected chi connectivity index (χ4v) is 3.05. The fraction of sp³-hybridized carbons (Fsp3) is 0.462. The van der Waals surface area contributed by atoms with Gasteiger partial charge in [-0.2, -0.15) is 0 Å². The molecule has 2 aliphatic rings. The summed E-state index contributed by atoms with van der Waals surface area (Å²) in [6.45, 7) is 2.78. The number of fused-ring (bicyclic) bond motifs is 1. The van der Waals surface area contributed by atoms with E-state index in [0.29, 0.717) is 6.04 Å². The van der Waals surface area contributed by atoms with Crippen LogP contribution in [-0.4, -0.2) is 29.9 Å². The zero-order chi connectivity index (χ0) is 11.8. The van der Waals surface area contributed by atoms with Crippen molar-refractivity contribution >= 4 is 21.8 Å². The van der Waals surface area contributed by atoms with Crippen LogP contribution in [0.2, 0.25) is 0 Å². The van der Waals surface area contributed by atoms with E-state index in [1.807, 2.05) is 23.1 Å². The lowest BCUT2D eigenvalue weighted by Gasteiger charge is -2.31. The molecule has 4 heteroatoms. The summed E-state index contributed by atoms with van der Waals surface area (Å²) >= 11 is 3.43. The second kappa shape index (κ2) is 4.42. The Labute approximate surface area is 109 Å². The molecule has 1 fully saturated rings. The SMILES string of the molecule is O=C1c2cc(Br)ccc2CN1[C@@H]1CCCNC1. The van der Waals surface area contributed by atoms with Crippen molar-refractivity contribution in [3.63, 3.8) is 0 Å². The quantitative estimate of drug-likeness (QED) is 0.861. The predicted molar refractivity (Wildman–Crippen MR) is 69.9 cm³/mol. The molecule has 0 radical (unpaired) electrons. The molecule has 0 unspecified atom stereocenters. The second-order valence-corrected chi connectivity index (χ2v) is 5.65. The minimum Gasteiger partial charge on any atom is -0.330 e. The molecule has 17 heavy (non-hydrogen) atoms. The summed E-state index contributed by atoms with van der Waals surface area (Å²) in [7, 11) is 0. The van der Waals surface area contributed by atoms with Gasteiger partial charge in [0, 0.05) is 29.2 Å². The molecule has 2 aliphatic heterocycles. The van der Waals surface area contributed by atoms with Gasteiger partial charge in [-0.3, -0.25) is 4.79 Å². The van der Waals surface area contributed by atoms with Gasteiger partial charge in [-0.15, -0.1) is 0 Å². The Hall–Kier alpha value is -0.870. The van der Waals surface area contributed by atoms with E-state index in [2.05, 4.69) is 21.2 Å². The number of halogens is 1. The Morgan fingerprint density at radius 2 is 2.29 bits per heavy atom. The van der Waals surface area contributed by atoms with Crippen molar-refractivity contribution in [3.8, 4) is 0 Å².